The number of hydrogen-bond acceptors (Lipinski definition) is 6. The molecule has 1 saturated carbocycles. The SMILES string of the molecule is S=C(Nc1nc(N2CCCCC2)cc(N2CCOCC2)n1)NC1CCCCCC1. The first kappa shape index (κ1) is 20.6. The highest BCUT2D eigenvalue weighted by molar-refractivity contribution is 7.80. The van der Waals surface area contributed by atoms with Crippen LogP contribution in [-0.4, -0.2) is 60.5 Å². The highest BCUT2D eigenvalue weighted by atomic mass is 32.1. The quantitative estimate of drug-likeness (QED) is 0.570. The maximum atomic E-state index is 5.61. The number of aromatic nitrogens is 2. The van der Waals surface area contributed by atoms with Gasteiger partial charge in [0, 0.05) is 38.3 Å². The third-order valence-electron chi connectivity index (χ3n) is 6.13. The van der Waals surface area contributed by atoms with E-state index in [4.69, 9.17) is 26.9 Å². The van der Waals surface area contributed by atoms with Gasteiger partial charge >= 0.3 is 0 Å². The molecule has 0 bridgehead atoms. The fourth-order valence-corrected chi connectivity index (χ4v) is 4.72. The highest BCUT2D eigenvalue weighted by Gasteiger charge is 2.20. The first-order valence-corrected chi connectivity index (χ1v) is 11.7. The Kier molecular flexibility index (Phi) is 7.38. The highest BCUT2D eigenvalue weighted by Crippen LogP contribution is 2.25. The second-order valence-corrected chi connectivity index (χ2v) is 8.75. The van der Waals surface area contributed by atoms with Crippen LogP contribution in [0.2, 0.25) is 0 Å². The largest absolute Gasteiger partial charge is 0.378 e. The monoisotopic (exact) mass is 418 g/mol. The molecule has 0 spiro atoms. The van der Waals surface area contributed by atoms with Crippen LogP contribution in [0.5, 0.6) is 0 Å². The van der Waals surface area contributed by atoms with Crippen molar-refractivity contribution in [3.8, 4) is 0 Å². The molecule has 2 saturated heterocycles. The van der Waals surface area contributed by atoms with Crippen molar-refractivity contribution < 1.29 is 4.74 Å². The molecule has 0 amide bonds. The molecule has 1 aromatic rings. The van der Waals surface area contributed by atoms with Crippen molar-refractivity contribution >= 4 is 34.9 Å². The lowest BCUT2D eigenvalue weighted by molar-refractivity contribution is 0.122. The molecule has 3 aliphatic rings. The molecule has 0 unspecified atom stereocenters. The molecule has 4 rings (SSSR count). The minimum Gasteiger partial charge on any atom is -0.378 e. The van der Waals surface area contributed by atoms with Gasteiger partial charge in [0.15, 0.2) is 5.11 Å². The predicted octanol–water partition coefficient (Wildman–Crippen LogP) is 3.31. The average molecular weight is 419 g/mol. The molecule has 0 atom stereocenters. The summed E-state index contributed by atoms with van der Waals surface area (Å²) >= 11 is 5.61. The normalized spacial score (nSPS) is 21.5. The van der Waals surface area contributed by atoms with E-state index in [0.29, 0.717) is 17.1 Å². The van der Waals surface area contributed by atoms with Crippen molar-refractivity contribution in [2.45, 2.75) is 63.8 Å². The third-order valence-corrected chi connectivity index (χ3v) is 6.35. The smallest absolute Gasteiger partial charge is 0.232 e. The summed E-state index contributed by atoms with van der Waals surface area (Å²) in [5, 5.41) is 7.42. The van der Waals surface area contributed by atoms with E-state index < -0.39 is 0 Å². The van der Waals surface area contributed by atoms with Crippen molar-refractivity contribution in [2.24, 2.45) is 0 Å². The van der Waals surface area contributed by atoms with Gasteiger partial charge in [-0.1, -0.05) is 25.7 Å². The zero-order chi connectivity index (χ0) is 19.9. The van der Waals surface area contributed by atoms with Gasteiger partial charge in [0.2, 0.25) is 5.95 Å². The van der Waals surface area contributed by atoms with Crippen LogP contribution in [-0.2, 0) is 4.74 Å². The first-order chi connectivity index (χ1) is 14.3. The number of nitrogens with zero attached hydrogens (tertiary/aromatic N) is 4. The van der Waals surface area contributed by atoms with Crippen molar-refractivity contribution in [1.29, 1.82) is 0 Å². The molecule has 29 heavy (non-hydrogen) atoms. The Hall–Kier alpha value is -1.67. The summed E-state index contributed by atoms with van der Waals surface area (Å²) < 4.78 is 5.52. The van der Waals surface area contributed by atoms with Gasteiger partial charge in [-0.2, -0.15) is 9.97 Å². The Labute approximate surface area is 179 Å². The first-order valence-electron chi connectivity index (χ1n) is 11.3. The molecular formula is C21H34N6OS. The van der Waals surface area contributed by atoms with Crippen LogP contribution in [0.15, 0.2) is 6.07 Å². The number of hydrogen-bond donors (Lipinski definition) is 2. The Morgan fingerprint density at radius 3 is 2.10 bits per heavy atom. The molecule has 3 fully saturated rings. The van der Waals surface area contributed by atoms with Gasteiger partial charge in [-0.25, -0.2) is 0 Å². The fraction of sp³-hybridized carbons (Fsp3) is 0.762. The van der Waals surface area contributed by atoms with E-state index >= 15 is 0 Å². The van der Waals surface area contributed by atoms with E-state index in [-0.39, 0.29) is 0 Å². The van der Waals surface area contributed by atoms with Gasteiger partial charge < -0.3 is 25.2 Å². The molecule has 3 heterocycles. The molecule has 160 valence electrons. The molecule has 1 aromatic heterocycles. The lowest BCUT2D eigenvalue weighted by Gasteiger charge is -2.31. The Bertz CT molecular complexity index is 631. The van der Waals surface area contributed by atoms with Crippen LogP contribution in [0.4, 0.5) is 17.6 Å². The summed E-state index contributed by atoms with van der Waals surface area (Å²) in [6, 6.07) is 2.59. The molecule has 2 aliphatic heterocycles. The average Bonchev–Trinajstić information content (AvgIpc) is 3.03. The van der Waals surface area contributed by atoms with Crippen LogP contribution in [0, 0.1) is 0 Å². The number of nitrogens with one attached hydrogen (secondary N) is 2. The van der Waals surface area contributed by atoms with Gasteiger partial charge in [0.25, 0.3) is 0 Å². The number of thiocarbonyl (C=S) groups is 1. The summed E-state index contributed by atoms with van der Waals surface area (Å²) in [6.07, 6.45) is 11.4. The van der Waals surface area contributed by atoms with E-state index in [0.717, 1.165) is 51.0 Å². The summed E-state index contributed by atoms with van der Waals surface area (Å²) in [6.45, 7) is 5.33. The Morgan fingerprint density at radius 1 is 0.862 bits per heavy atom. The van der Waals surface area contributed by atoms with Crippen LogP contribution in [0.1, 0.15) is 57.8 Å². The van der Waals surface area contributed by atoms with Crippen molar-refractivity contribution in [1.82, 2.24) is 15.3 Å². The zero-order valence-electron chi connectivity index (χ0n) is 17.4. The molecule has 7 nitrogen and oxygen atoms in total. The van der Waals surface area contributed by atoms with Crippen molar-refractivity contribution in [3.63, 3.8) is 0 Å². The maximum absolute atomic E-state index is 5.61. The number of rotatable bonds is 4. The van der Waals surface area contributed by atoms with Crippen LogP contribution in [0.3, 0.4) is 0 Å². The maximum Gasteiger partial charge on any atom is 0.232 e. The van der Waals surface area contributed by atoms with Gasteiger partial charge in [0.1, 0.15) is 11.6 Å². The molecular weight excluding hydrogens is 384 g/mol. The lowest BCUT2D eigenvalue weighted by atomic mass is 10.1. The van der Waals surface area contributed by atoms with Gasteiger partial charge in [0.05, 0.1) is 13.2 Å². The number of ether oxygens (including phenoxy) is 1. The summed E-state index contributed by atoms with van der Waals surface area (Å²) in [7, 11) is 0. The molecule has 2 N–H and O–H groups in total. The minimum absolute atomic E-state index is 0.460. The number of morpholine rings is 1. The van der Waals surface area contributed by atoms with Crippen molar-refractivity contribution in [3.05, 3.63) is 6.07 Å². The molecule has 0 aromatic carbocycles. The standard InChI is InChI=1S/C21H34N6OS/c29-21(22-17-8-4-1-2-5-9-17)25-20-23-18(26-10-6-3-7-11-26)16-19(24-20)27-12-14-28-15-13-27/h16-17H,1-15H2,(H2,22,23,24,25,29). The summed E-state index contributed by atoms with van der Waals surface area (Å²) in [4.78, 5) is 14.3. The number of piperidine rings is 1. The Morgan fingerprint density at radius 2 is 1.45 bits per heavy atom. The van der Waals surface area contributed by atoms with Crippen LogP contribution in [0.25, 0.3) is 0 Å². The third kappa shape index (κ3) is 5.92. The second-order valence-electron chi connectivity index (χ2n) is 8.34. The zero-order valence-corrected chi connectivity index (χ0v) is 18.2. The van der Waals surface area contributed by atoms with Gasteiger partial charge in [-0.3, -0.25) is 0 Å². The van der Waals surface area contributed by atoms with Gasteiger partial charge in [-0.05, 0) is 44.3 Å². The van der Waals surface area contributed by atoms with E-state index in [9.17, 15) is 0 Å². The lowest BCUT2D eigenvalue weighted by Crippen LogP contribution is -2.39. The molecule has 0 radical (unpaired) electrons. The van der Waals surface area contributed by atoms with E-state index in [1.165, 1.54) is 57.8 Å². The minimum atomic E-state index is 0.460. The summed E-state index contributed by atoms with van der Waals surface area (Å²) in [5.74, 6) is 2.56. The molecule has 1 aliphatic carbocycles. The number of anilines is 3. The van der Waals surface area contributed by atoms with Gasteiger partial charge in [-0.15, -0.1) is 0 Å². The topological polar surface area (TPSA) is 65.6 Å². The summed E-state index contributed by atoms with van der Waals surface area (Å²) in [5.41, 5.74) is 0. The fourth-order valence-electron chi connectivity index (χ4n) is 4.46. The van der Waals surface area contributed by atoms with Crippen molar-refractivity contribution in [2.75, 3.05) is 54.5 Å². The molecule has 8 heteroatoms. The second kappa shape index (κ2) is 10.4. The van der Waals surface area contributed by atoms with E-state index in [2.05, 4.69) is 26.5 Å². The Balaban J connectivity index is 1.48. The van der Waals surface area contributed by atoms with Crippen LogP contribution >= 0.6 is 12.2 Å². The van der Waals surface area contributed by atoms with E-state index in [1.54, 1.807) is 0 Å². The predicted molar refractivity (Wildman–Crippen MR) is 122 cm³/mol. The van der Waals surface area contributed by atoms with E-state index in [1.807, 2.05) is 0 Å². The van der Waals surface area contributed by atoms with Crippen LogP contribution < -0.4 is 20.4 Å².